The third kappa shape index (κ3) is 6.09. The summed E-state index contributed by atoms with van der Waals surface area (Å²) < 4.78 is 21.0. The molecule has 1 saturated heterocycles. The number of ether oxygens (including phenoxy) is 1. The summed E-state index contributed by atoms with van der Waals surface area (Å²) >= 11 is 0. The largest absolute Gasteiger partial charge is 0.497 e. The van der Waals surface area contributed by atoms with E-state index < -0.39 is 26.4 Å². The number of hydrogen-bond acceptors (Lipinski definition) is 6. The zero-order valence-corrected chi connectivity index (χ0v) is 24.6. The molecule has 0 atom stereocenters. The molecule has 0 aliphatic carbocycles. The van der Waals surface area contributed by atoms with Crippen LogP contribution in [0, 0.1) is 0 Å². The summed E-state index contributed by atoms with van der Waals surface area (Å²) in [5.41, 5.74) is 3.30. The summed E-state index contributed by atoms with van der Waals surface area (Å²) in [6, 6.07) is 9.06. The number of hydrogen-bond donors (Lipinski definition) is 1. The highest BCUT2D eigenvalue weighted by Gasteiger charge is 2.52. The lowest BCUT2D eigenvalue weighted by Gasteiger charge is -2.32. The molecule has 0 radical (unpaired) electrons. The van der Waals surface area contributed by atoms with Crippen LogP contribution in [0.2, 0.25) is 25.7 Å². The van der Waals surface area contributed by atoms with Gasteiger partial charge in [0.05, 0.1) is 16.9 Å². The molecule has 0 saturated carbocycles. The maximum atomic E-state index is 11.7. The van der Waals surface area contributed by atoms with Crippen LogP contribution in [0.25, 0.3) is 22.3 Å². The van der Waals surface area contributed by atoms with E-state index in [1.165, 1.54) is 6.08 Å². The lowest BCUT2D eigenvalue weighted by molar-refractivity contribution is -0.116. The fourth-order valence-corrected chi connectivity index (χ4v) is 5.01. The molecule has 0 spiro atoms. The van der Waals surface area contributed by atoms with Crippen LogP contribution in [0.3, 0.4) is 0 Å². The van der Waals surface area contributed by atoms with Crippen LogP contribution in [0.4, 0.5) is 0 Å². The van der Waals surface area contributed by atoms with Crippen LogP contribution in [0.1, 0.15) is 33.3 Å². The Morgan fingerprint density at radius 2 is 1.89 bits per heavy atom. The van der Waals surface area contributed by atoms with Gasteiger partial charge in [-0.15, -0.1) is 0 Å². The van der Waals surface area contributed by atoms with Crippen molar-refractivity contribution in [3.05, 3.63) is 55.0 Å². The maximum Gasteiger partial charge on any atom is 0.497 e. The Balaban J connectivity index is 1.75. The number of nitrogens with one attached hydrogen (secondary N) is 1. The van der Waals surface area contributed by atoms with Gasteiger partial charge < -0.3 is 23.9 Å². The first-order chi connectivity index (χ1) is 17.8. The van der Waals surface area contributed by atoms with Crippen molar-refractivity contribution in [2.75, 3.05) is 6.61 Å². The van der Waals surface area contributed by atoms with Gasteiger partial charge in [-0.25, -0.2) is 9.97 Å². The third-order valence-electron chi connectivity index (χ3n) is 7.27. The Hall–Kier alpha value is -2.79. The zero-order chi connectivity index (χ0) is 27.7. The molecule has 0 bridgehead atoms. The van der Waals surface area contributed by atoms with Gasteiger partial charge in [0.2, 0.25) is 5.91 Å². The van der Waals surface area contributed by atoms with Crippen molar-refractivity contribution in [1.82, 2.24) is 19.9 Å². The first kappa shape index (κ1) is 28.2. The molecule has 2 aromatic heterocycles. The van der Waals surface area contributed by atoms with Gasteiger partial charge in [-0.3, -0.25) is 4.79 Å². The van der Waals surface area contributed by atoms with Gasteiger partial charge in [-0.05, 0) is 51.4 Å². The summed E-state index contributed by atoms with van der Waals surface area (Å²) in [6.07, 6.45) is 4.87. The smallest absolute Gasteiger partial charge is 0.399 e. The minimum Gasteiger partial charge on any atom is -0.399 e. The molecule has 3 heterocycles. The van der Waals surface area contributed by atoms with Crippen molar-refractivity contribution < 1.29 is 18.8 Å². The van der Waals surface area contributed by atoms with E-state index >= 15 is 0 Å². The Bertz CT molecular complexity index is 1320. The molecule has 10 heteroatoms. The number of carbonyl (C=O) groups is 1. The Kier molecular flexibility index (Phi) is 7.99. The Labute approximate surface area is 226 Å². The molecule has 1 fully saturated rings. The molecule has 202 valence electrons. The molecule has 1 aliphatic heterocycles. The first-order valence-electron chi connectivity index (χ1n) is 13.1. The Morgan fingerprint density at radius 3 is 2.55 bits per heavy atom. The highest BCUT2D eigenvalue weighted by molar-refractivity contribution is 6.76. The monoisotopic (exact) mass is 534 g/mol. The normalized spacial score (nSPS) is 16.7. The first-order valence-corrected chi connectivity index (χ1v) is 16.8. The second-order valence-corrected chi connectivity index (χ2v) is 17.7. The van der Waals surface area contributed by atoms with Crippen LogP contribution in [-0.4, -0.2) is 53.4 Å². The number of amides is 1. The molecule has 4 rings (SSSR count). The summed E-state index contributed by atoms with van der Waals surface area (Å²) in [4.78, 5) is 21.0. The fraction of sp³-hybridized carbons (Fsp3) is 0.464. The van der Waals surface area contributed by atoms with Crippen molar-refractivity contribution in [3.8, 4) is 11.3 Å². The lowest BCUT2D eigenvalue weighted by atomic mass is 9.78. The lowest BCUT2D eigenvalue weighted by Crippen LogP contribution is -2.41. The van der Waals surface area contributed by atoms with Gasteiger partial charge in [0, 0.05) is 43.8 Å². The average Bonchev–Trinajstić information content (AvgIpc) is 3.32. The van der Waals surface area contributed by atoms with Crippen LogP contribution in [-0.2, 0) is 32.1 Å². The number of nitrogens with zero attached hydrogens (tertiary/aromatic N) is 3. The predicted octanol–water partition coefficient (Wildman–Crippen LogP) is 4.51. The van der Waals surface area contributed by atoms with Crippen molar-refractivity contribution in [3.63, 3.8) is 0 Å². The minimum absolute atomic E-state index is 0.214. The summed E-state index contributed by atoms with van der Waals surface area (Å²) in [5.74, 6) is -0.214. The SMILES string of the molecule is C=CC(=O)NCc1cccc(-c2ncnc3c2c(B2OC(C)(C)C(C)(C)O2)cn3COCC[Si](C)(C)C)c1. The van der Waals surface area contributed by atoms with Gasteiger partial charge in [0.15, 0.2) is 0 Å². The van der Waals surface area contributed by atoms with Crippen LogP contribution in [0.5, 0.6) is 0 Å². The second kappa shape index (κ2) is 10.8. The number of fused-ring (bicyclic) bond motifs is 1. The minimum atomic E-state index is -1.20. The van der Waals surface area contributed by atoms with E-state index in [4.69, 9.17) is 19.0 Å². The molecule has 38 heavy (non-hydrogen) atoms. The molecule has 1 amide bonds. The van der Waals surface area contributed by atoms with Crippen LogP contribution < -0.4 is 10.8 Å². The molecular weight excluding hydrogens is 495 g/mol. The summed E-state index contributed by atoms with van der Waals surface area (Å²) in [7, 11) is -1.78. The van der Waals surface area contributed by atoms with Gasteiger partial charge in [-0.1, -0.05) is 44.4 Å². The maximum absolute atomic E-state index is 11.7. The van der Waals surface area contributed by atoms with Crippen LogP contribution in [0.15, 0.2) is 49.4 Å². The number of rotatable bonds is 10. The molecule has 3 aromatic rings. The zero-order valence-electron chi connectivity index (χ0n) is 23.6. The van der Waals surface area contributed by atoms with Crippen LogP contribution >= 0.6 is 0 Å². The molecule has 1 aliphatic rings. The van der Waals surface area contributed by atoms with E-state index in [1.807, 2.05) is 62.7 Å². The summed E-state index contributed by atoms with van der Waals surface area (Å²) in [6.45, 7) is 20.2. The number of benzene rings is 1. The van der Waals surface area contributed by atoms with Gasteiger partial charge in [0.25, 0.3) is 0 Å². The molecule has 8 nitrogen and oxygen atoms in total. The number of carbonyl (C=O) groups excluding carboxylic acids is 1. The standard InChI is InChI=1S/C28H39BN4O4Si/c1-9-23(34)30-16-20-11-10-12-21(15-20)25-24-22(29-36-27(2,3)28(4,5)37-29)17-33(26(24)32-18-31-25)19-35-13-14-38(6,7)8/h9-12,15,17-18H,1,13-14,16,19H2,2-8H3,(H,30,34). The molecule has 1 aromatic carbocycles. The van der Waals surface area contributed by atoms with E-state index in [2.05, 4.69) is 36.5 Å². The van der Waals surface area contributed by atoms with E-state index in [0.29, 0.717) is 19.9 Å². The highest BCUT2D eigenvalue weighted by atomic mass is 28.3. The fourth-order valence-electron chi connectivity index (χ4n) is 4.25. The second-order valence-electron chi connectivity index (χ2n) is 12.0. The highest BCUT2D eigenvalue weighted by Crippen LogP contribution is 2.38. The van der Waals surface area contributed by atoms with Crippen molar-refractivity contribution in [2.45, 2.75) is 77.9 Å². The molecular formula is C28H39BN4O4Si. The van der Waals surface area contributed by atoms with Gasteiger partial charge in [-0.2, -0.15) is 0 Å². The number of aromatic nitrogens is 3. The third-order valence-corrected chi connectivity index (χ3v) is 8.97. The van der Waals surface area contributed by atoms with E-state index in [-0.39, 0.29) is 5.91 Å². The van der Waals surface area contributed by atoms with Crippen molar-refractivity contribution >= 4 is 37.6 Å². The predicted molar refractivity (Wildman–Crippen MR) is 155 cm³/mol. The Morgan fingerprint density at radius 1 is 1.18 bits per heavy atom. The molecule has 1 N–H and O–H groups in total. The van der Waals surface area contributed by atoms with E-state index in [9.17, 15) is 4.79 Å². The van der Waals surface area contributed by atoms with Crippen molar-refractivity contribution in [2.24, 2.45) is 0 Å². The average molecular weight is 535 g/mol. The molecule has 0 unspecified atom stereocenters. The van der Waals surface area contributed by atoms with E-state index in [1.54, 1.807) is 6.33 Å². The van der Waals surface area contributed by atoms with Gasteiger partial charge in [0.1, 0.15) is 18.7 Å². The van der Waals surface area contributed by atoms with Gasteiger partial charge >= 0.3 is 7.12 Å². The topological polar surface area (TPSA) is 87.5 Å². The van der Waals surface area contributed by atoms with Crippen molar-refractivity contribution in [1.29, 1.82) is 0 Å². The summed E-state index contributed by atoms with van der Waals surface area (Å²) in [5, 5.41) is 3.70. The van der Waals surface area contributed by atoms with E-state index in [0.717, 1.165) is 39.4 Å². The quantitative estimate of drug-likeness (QED) is 0.234.